The summed E-state index contributed by atoms with van der Waals surface area (Å²) in [6.07, 6.45) is 2.96. The quantitative estimate of drug-likeness (QED) is 0.669. The smallest absolute Gasteiger partial charge is 0.309 e. The molecule has 0 radical (unpaired) electrons. The van der Waals surface area contributed by atoms with Crippen LogP contribution in [0.25, 0.3) is 0 Å². The van der Waals surface area contributed by atoms with E-state index in [0.717, 1.165) is 25.7 Å². The molecule has 3 saturated carbocycles. The lowest BCUT2D eigenvalue weighted by molar-refractivity contribution is -0.162. The maximum Gasteiger partial charge on any atom is 0.309 e. The fourth-order valence-electron chi connectivity index (χ4n) is 8.32. The standard InChI is InChI=1S/C27H37NO5/c1-26-12-11-19-17(15-33-25(32)20-13-21(29)22(30)14-27(19,20)2)18(26)9-10-23(26)28(3)24(31)16-7-5-4-6-8-16/h4-8,17-23,29-30H,9-15H2,1-3H3/t17-,18-,19-,20+,21-,22+,23-,26-,27+/m0/s1. The van der Waals surface area contributed by atoms with E-state index in [0.29, 0.717) is 24.5 Å². The van der Waals surface area contributed by atoms with Gasteiger partial charge in [0, 0.05) is 18.7 Å². The van der Waals surface area contributed by atoms with E-state index in [4.69, 9.17) is 4.74 Å². The van der Waals surface area contributed by atoms with Gasteiger partial charge < -0.3 is 19.8 Å². The van der Waals surface area contributed by atoms with Gasteiger partial charge in [0.05, 0.1) is 24.7 Å². The summed E-state index contributed by atoms with van der Waals surface area (Å²) in [5.74, 6) is 0.326. The fourth-order valence-corrected chi connectivity index (χ4v) is 8.32. The summed E-state index contributed by atoms with van der Waals surface area (Å²) in [5.41, 5.74) is 0.312. The van der Waals surface area contributed by atoms with Crippen LogP contribution in [0.3, 0.4) is 0 Å². The van der Waals surface area contributed by atoms with Gasteiger partial charge in [-0.1, -0.05) is 32.0 Å². The number of carbonyl (C=O) groups is 2. The van der Waals surface area contributed by atoms with E-state index < -0.39 is 12.2 Å². The van der Waals surface area contributed by atoms with Crippen LogP contribution in [-0.4, -0.2) is 58.9 Å². The third-order valence-corrected chi connectivity index (χ3v) is 10.1. The third kappa shape index (κ3) is 3.44. The van der Waals surface area contributed by atoms with Crippen LogP contribution >= 0.6 is 0 Å². The molecule has 1 amide bonds. The summed E-state index contributed by atoms with van der Waals surface area (Å²) in [6.45, 7) is 4.87. The van der Waals surface area contributed by atoms with Crippen molar-refractivity contribution in [3.05, 3.63) is 35.9 Å². The largest absolute Gasteiger partial charge is 0.465 e. The first kappa shape index (κ1) is 22.9. The minimum absolute atomic E-state index is 0.0320. The molecule has 33 heavy (non-hydrogen) atoms. The summed E-state index contributed by atoms with van der Waals surface area (Å²) in [4.78, 5) is 28.2. The molecule has 1 saturated heterocycles. The van der Waals surface area contributed by atoms with Gasteiger partial charge in [-0.3, -0.25) is 9.59 Å². The Labute approximate surface area is 196 Å². The molecule has 5 rings (SSSR count). The molecule has 1 aliphatic heterocycles. The molecular formula is C27H37NO5. The lowest BCUT2D eigenvalue weighted by Gasteiger charge is -2.55. The average molecular weight is 456 g/mol. The van der Waals surface area contributed by atoms with Gasteiger partial charge in [-0.25, -0.2) is 0 Å². The van der Waals surface area contributed by atoms with Crippen LogP contribution < -0.4 is 0 Å². The average Bonchev–Trinajstić information content (AvgIpc) is 3.11. The second kappa shape index (κ2) is 8.09. The van der Waals surface area contributed by atoms with E-state index in [9.17, 15) is 19.8 Å². The van der Waals surface area contributed by atoms with Crippen molar-refractivity contribution < 1.29 is 24.5 Å². The molecule has 6 nitrogen and oxygen atoms in total. The fraction of sp³-hybridized carbons (Fsp3) is 0.704. The highest BCUT2D eigenvalue weighted by Gasteiger charge is 2.63. The van der Waals surface area contributed by atoms with Crippen molar-refractivity contribution in [1.82, 2.24) is 4.90 Å². The summed E-state index contributed by atoms with van der Waals surface area (Å²) >= 11 is 0. The Balaban J connectivity index is 1.43. The van der Waals surface area contributed by atoms with Crippen LogP contribution in [-0.2, 0) is 9.53 Å². The van der Waals surface area contributed by atoms with E-state index in [-0.39, 0.29) is 52.9 Å². The number of carbonyl (C=O) groups excluding carboxylic acids is 2. The molecule has 9 atom stereocenters. The number of nitrogens with zero attached hydrogens (tertiary/aromatic N) is 1. The molecule has 0 unspecified atom stereocenters. The number of cyclic esters (lactones) is 1. The molecular weight excluding hydrogens is 418 g/mol. The predicted octanol–water partition coefficient (Wildman–Crippen LogP) is 3.26. The van der Waals surface area contributed by atoms with Crippen LogP contribution in [0.5, 0.6) is 0 Å². The molecule has 1 heterocycles. The zero-order valence-electron chi connectivity index (χ0n) is 19.9. The van der Waals surface area contributed by atoms with Crippen LogP contribution in [0.2, 0.25) is 0 Å². The number of hydrogen-bond donors (Lipinski definition) is 2. The van der Waals surface area contributed by atoms with Gasteiger partial charge in [-0.2, -0.15) is 0 Å². The highest BCUT2D eigenvalue weighted by Crippen LogP contribution is 2.64. The van der Waals surface area contributed by atoms with E-state index in [1.54, 1.807) is 0 Å². The summed E-state index contributed by atoms with van der Waals surface area (Å²) < 4.78 is 5.84. The Bertz CT molecular complexity index is 920. The summed E-state index contributed by atoms with van der Waals surface area (Å²) in [7, 11) is 1.93. The molecule has 1 aromatic rings. The molecule has 4 aliphatic rings. The number of ether oxygens (including phenoxy) is 1. The van der Waals surface area contributed by atoms with E-state index in [2.05, 4.69) is 13.8 Å². The van der Waals surface area contributed by atoms with Gasteiger partial charge >= 0.3 is 5.97 Å². The van der Waals surface area contributed by atoms with Crippen molar-refractivity contribution in [2.45, 2.75) is 70.6 Å². The maximum atomic E-state index is 13.2. The number of aliphatic hydroxyl groups is 2. The van der Waals surface area contributed by atoms with Crippen molar-refractivity contribution in [2.24, 2.45) is 34.5 Å². The van der Waals surface area contributed by atoms with Crippen molar-refractivity contribution in [3.63, 3.8) is 0 Å². The normalized spacial score (nSPS) is 44.6. The van der Waals surface area contributed by atoms with Crippen LogP contribution in [0, 0.1) is 34.5 Å². The Kier molecular flexibility index (Phi) is 5.60. The number of aliphatic hydroxyl groups excluding tert-OH is 2. The van der Waals surface area contributed by atoms with E-state index >= 15 is 0 Å². The first-order valence-electron chi connectivity index (χ1n) is 12.5. The van der Waals surface area contributed by atoms with Crippen LogP contribution in [0.15, 0.2) is 30.3 Å². The molecule has 0 aromatic heterocycles. The number of amides is 1. The number of benzene rings is 1. The third-order valence-electron chi connectivity index (χ3n) is 10.1. The maximum absolute atomic E-state index is 13.2. The molecule has 180 valence electrons. The van der Waals surface area contributed by atoms with Gasteiger partial charge in [0.25, 0.3) is 5.91 Å². The Morgan fingerprint density at radius 1 is 1.03 bits per heavy atom. The van der Waals surface area contributed by atoms with Gasteiger partial charge in [-0.15, -0.1) is 0 Å². The molecule has 3 aliphatic carbocycles. The van der Waals surface area contributed by atoms with Crippen LogP contribution in [0.4, 0.5) is 0 Å². The minimum Gasteiger partial charge on any atom is -0.465 e. The first-order chi connectivity index (χ1) is 15.7. The molecule has 0 spiro atoms. The topological polar surface area (TPSA) is 87.1 Å². The van der Waals surface area contributed by atoms with Crippen molar-refractivity contribution in [3.8, 4) is 0 Å². The molecule has 2 N–H and O–H groups in total. The highest BCUT2D eigenvalue weighted by molar-refractivity contribution is 5.94. The van der Waals surface area contributed by atoms with E-state index in [1.165, 1.54) is 0 Å². The zero-order chi connectivity index (χ0) is 23.5. The number of hydrogen-bond acceptors (Lipinski definition) is 5. The lowest BCUT2D eigenvalue weighted by atomic mass is 9.49. The van der Waals surface area contributed by atoms with E-state index in [1.807, 2.05) is 42.3 Å². The molecule has 4 fully saturated rings. The van der Waals surface area contributed by atoms with Gasteiger partial charge in [0.2, 0.25) is 0 Å². The van der Waals surface area contributed by atoms with Crippen molar-refractivity contribution in [2.75, 3.05) is 13.7 Å². The predicted molar refractivity (Wildman–Crippen MR) is 123 cm³/mol. The van der Waals surface area contributed by atoms with Gasteiger partial charge in [-0.05, 0) is 79.2 Å². The van der Waals surface area contributed by atoms with Crippen LogP contribution in [0.1, 0.15) is 62.7 Å². The number of esters is 1. The second-order valence-corrected chi connectivity index (χ2v) is 11.6. The van der Waals surface area contributed by atoms with Crippen molar-refractivity contribution in [1.29, 1.82) is 0 Å². The minimum atomic E-state index is -0.866. The Hall–Kier alpha value is -1.92. The number of fused-ring (bicyclic) bond motifs is 5. The molecule has 1 aromatic carbocycles. The highest BCUT2D eigenvalue weighted by atomic mass is 16.5. The first-order valence-corrected chi connectivity index (χ1v) is 12.5. The second-order valence-electron chi connectivity index (χ2n) is 11.6. The van der Waals surface area contributed by atoms with Crippen molar-refractivity contribution >= 4 is 11.9 Å². The number of rotatable bonds is 2. The van der Waals surface area contributed by atoms with Gasteiger partial charge in [0.1, 0.15) is 0 Å². The SMILES string of the molecule is CN(C(=O)c1ccccc1)[C@H]1CC[C@H]2[C@@H]3COC(=O)[C@H]4C[C@H](O)[C@H](O)C[C@]4(C)[C@H]3CC[C@]12C. The molecule has 6 heteroatoms. The Morgan fingerprint density at radius 2 is 1.73 bits per heavy atom. The zero-order valence-corrected chi connectivity index (χ0v) is 19.9. The monoisotopic (exact) mass is 455 g/mol. The summed E-state index contributed by atoms with van der Waals surface area (Å²) in [6, 6.07) is 9.62. The van der Waals surface area contributed by atoms with Gasteiger partial charge in [0.15, 0.2) is 0 Å². The Morgan fingerprint density at radius 3 is 2.45 bits per heavy atom. The summed E-state index contributed by atoms with van der Waals surface area (Å²) in [5, 5.41) is 20.8. The molecule has 0 bridgehead atoms. The lowest BCUT2D eigenvalue weighted by Crippen LogP contribution is -2.56.